The Morgan fingerprint density at radius 1 is 0.842 bits per heavy atom. The van der Waals surface area contributed by atoms with Crippen LogP contribution in [0.25, 0.3) is 0 Å². The maximum atomic E-state index is 5.91. The minimum absolute atomic E-state index is 0.590. The minimum Gasteiger partial charge on any atom is -0.382 e. The van der Waals surface area contributed by atoms with Crippen molar-refractivity contribution in [2.24, 2.45) is 0 Å². The maximum Gasteiger partial charge on any atom is 0.225 e. The predicted octanol–water partition coefficient (Wildman–Crippen LogP) is 0.780. The van der Waals surface area contributed by atoms with Gasteiger partial charge in [-0.15, -0.1) is 0 Å². The number of hydrogen-bond acceptors (Lipinski definition) is 6. The van der Waals surface area contributed by atoms with Gasteiger partial charge in [0.2, 0.25) is 5.95 Å². The lowest BCUT2D eigenvalue weighted by molar-refractivity contribution is 0.640. The summed E-state index contributed by atoms with van der Waals surface area (Å²) in [5, 5.41) is 0. The molecule has 0 saturated carbocycles. The topological polar surface area (TPSA) is 71.2 Å². The Hall–Kier alpha value is -2.37. The van der Waals surface area contributed by atoms with Gasteiger partial charge in [0.1, 0.15) is 5.82 Å². The largest absolute Gasteiger partial charge is 0.382 e. The Morgan fingerprint density at radius 3 is 2.16 bits per heavy atom. The second kappa shape index (κ2) is 5.09. The Balaban J connectivity index is 1.69. The molecule has 98 valence electrons. The van der Waals surface area contributed by atoms with Gasteiger partial charge in [-0.25, -0.2) is 15.0 Å². The van der Waals surface area contributed by atoms with E-state index in [1.54, 1.807) is 18.6 Å². The van der Waals surface area contributed by atoms with Crippen LogP contribution in [0.1, 0.15) is 0 Å². The molecule has 2 aromatic heterocycles. The first kappa shape index (κ1) is 11.7. The lowest BCUT2D eigenvalue weighted by atomic mass is 10.2. The lowest BCUT2D eigenvalue weighted by Gasteiger charge is -2.36. The normalized spacial score (nSPS) is 15.6. The van der Waals surface area contributed by atoms with Crippen LogP contribution >= 0.6 is 0 Å². The molecule has 0 amide bonds. The van der Waals surface area contributed by atoms with E-state index in [9.17, 15) is 0 Å². The molecule has 1 saturated heterocycles. The third kappa shape index (κ3) is 2.42. The summed E-state index contributed by atoms with van der Waals surface area (Å²) in [4.78, 5) is 17.1. The highest BCUT2D eigenvalue weighted by molar-refractivity contribution is 5.63. The third-order valence-electron chi connectivity index (χ3n) is 3.27. The van der Waals surface area contributed by atoms with Crippen LogP contribution in [0.3, 0.4) is 0 Å². The second-order valence-corrected chi connectivity index (χ2v) is 4.43. The minimum atomic E-state index is 0.590. The predicted molar refractivity (Wildman–Crippen MR) is 75.1 cm³/mol. The highest BCUT2D eigenvalue weighted by Crippen LogP contribution is 2.22. The second-order valence-electron chi connectivity index (χ2n) is 4.43. The van der Waals surface area contributed by atoms with E-state index in [0.717, 1.165) is 37.8 Å². The van der Waals surface area contributed by atoms with Gasteiger partial charge in [-0.1, -0.05) is 0 Å². The molecule has 0 aromatic carbocycles. The van der Waals surface area contributed by atoms with Gasteiger partial charge in [0.25, 0.3) is 0 Å². The summed E-state index contributed by atoms with van der Waals surface area (Å²) >= 11 is 0. The average molecular weight is 256 g/mol. The molecule has 0 unspecified atom stereocenters. The van der Waals surface area contributed by atoms with E-state index in [4.69, 9.17) is 5.73 Å². The molecule has 0 spiro atoms. The molecule has 1 aliphatic rings. The zero-order valence-electron chi connectivity index (χ0n) is 10.6. The fourth-order valence-corrected chi connectivity index (χ4v) is 2.28. The number of nitrogen functional groups attached to an aromatic ring is 1. The van der Waals surface area contributed by atoms with Gasteiger partial charge in [0, 0.05) is 44.8 Å². The van der Waals surface area contributed by atoms with E-state index < -0.39 is 0 Å². The van der Waals surface area contributed by atoms with Crippen molar-refractivity contribution in [1.29, 1.82) is 0 Å². The fraction of sp³-hybridized carbons (Fsp3) is 0.308. The third-order valence-corrected chi connectivity index (χ3v) is 3.27. The summed E-state index contributed by atoms with van der Waals surface area (Å²) < 4.78 is 0. The van der Waals surface area contributed by atoms with Crippen molar-refractivity contribution in [2.45, 2.75) is 0 Å². The van der Waals surface area contributed by atoms with Crippen molar-refractivity contribution in [3.05, 3.63) is 36.8 Å². The number of hydrogen-bond donors (Lipinski definition) is 1. The molecule has 1 fully saturated rings. The maximum absolute atomic E-state index is 5.91. The molecule has 1 aliphatic heterocycles. The van der Waals surface area contributed by atoms with Crippen molar-refractivity contribution >= 4 is 17.5 Å². The van der Waals surface area contributed by atoms with E-state index in [2.05, 4.69) is 24.8 Å². The number of nitrogens with zero attached hydrogens (tertiary/aromatic N) is 5. The van der Waals surface area contributed by atoms with Gasteiger partial charge in [-0.2, -0.15) is 0 Å². The van der Waals surface area contributed by atoms with E-state index >= 15 is 0 Å². The van der Waals surface area contributed by atoms with E-state index in [0.29, 0.717) is 5.82 Å². The van der Waals surface area contributed by atoms with Crippen LogP contribution in [0.2, 0.25) is 0 Å². The smallest absolute Gasteiger partial charge is 0.225 e. The molecule has 0 atom stereocenters. The van der Waals surface area contributed by atoms with Crippen LogP contribution < -0.4 is 15.5 Å². The highest BCUT2D eigenvalue weighted by atomic mass is 15.3. The summed E-state index contributed by atoms with van der Waals surface area (Å²) in [7, 11) is 0. The van der Waals surface area contributed by atoms with Crippen LogP contribution in [0.4, 0.5) is 17.5 Å². The molecule has 0 aliphatic carbocycles. The zero-order chi connectivity index (χ0) is 13.1. The Kier molecular flexibility index (Phi) is 3.14. The summed E-state index contributed by atoms with van der Waals surface area (Å²) in [5.41, 5.74) is 6.92. The average Bonchev–Trinajstić information content (AvgIpc) is 2.49. The Labute approximate surface area is 111 Å². The van der Waals surface area contributed by atoms with Crippen LogP contribution in [0.5, 0.6) is 0 Å². The van der Waals surface area contributed by atoms with Crippen LogP contribution in [0, 0.1) is 0 Å². The first-order valence-corrected chi connectivity index (χ1v) is 6.32. The Morgan fingerprint density at radius 2 is 1.47 bits per heavy atom. The molecule has 2 N–H and O–H groups in total. The number of rotatable bonds is 2. The van der Waals surface area contributed by atoms with Crippen molar-refractivity contribution in [1.82, 2.24) is 15.0 Å². The number of pyridine rings is 1. The summed E-state index contributed by atoms with van der Waals surface area (Å²) in [6, 6.07) is 5.76. The first-order chi connectivity index (χ1) is 9.34. The Bertz CT molecular complexity index is 536. The van der Waals surface area contributed by atoms with Gasteiger partial charge >= 0.3 is 0 Å². The highest BCUT2D eigenvalue weighted by Gasteiger charge is 2.20. The van der Waals surface area contributed by atoms with Crippen molar-refractivity contribution in [3.8, 4) is 0 Å². The standard InChI is InChI=1S/C13H16N6/c14-12-11(3-1-4-15-12)18-7-9-19(10-8-18)13-16-5-2-6-17-13/h1-6H,7-10H2,(H2,14,15). The molecule has 0 radical (unpaired) electrons. The molecule has 6 heteroatoms. The van der Waals surface area contributed by atoms with E-state index in [-0.39, 0.29) is 0 Å². The summed E-state index contributed by atoms with van der Waals surface area (Å²) in [5.74, 6) is 1.38. The van der Waals surface area contributed by atoms with Crippen molar-refractivity contribution in [3.63, 3.8) is 0 Å². The molecular formula is C13H16N6. The summed E-state index contributed by atoms with van der Waals surface area (Å²) in [6.45, 7) is 3.57. The van der Waals surface area contributed by atoms with Gasteiger partial charge < -0.3 is 15.5 Å². The quantitative estimate of drug-likeness (QED) is 0.856. The van der Waals surface area contributed by atoms with Gasteiger partial charge in [-0.05, 0) is 18.2 Å². The number of piperazine rings is 1. The molecule has 19 heavy (non-hydrogen) atoms. The summed E-state index contributed by atoms with van der Waals surface area (Å²) in [6.07, 6.45) is 5.26. The molecule has 6 nitrogen and oxygen atoms in total. The molecular weight excluding hydrogens is 240 g/mol. The fourth-order valence-electron chi connectivity index (χ4n) is 2.28. The zero-order valence-corrected chi connectivity index (χ0v) is 10.6. The number of anilines is 3. The molecule has 0 bridgehead atoms. The van der Waals surface area contributed by atoms with Crippen LogP contribution in [-0.2, 0) is 0 Å². The van der Waals surface area contributed by atoms with Crippen LogP contribution in [-0.4, -0.2) is 41.1 Å². The van der Waals surface area contributed by atoms with Crippen molar-refractivity contribution < 1.29 is 0 Å². The van der Waals surface area contributed by atoms with E-state index in [1.165, 1.54) is 0 Å². The first-order valence-electron chi connectivity index (χ1n) is 6.32. The molecule has 3 heterocycles. The molecule has 3 rings (SSSR count). The van der Waals surface area contributed by atoms with Gasteiger partial charge in [0.05, 0.1) is 5.69 Å². The van der Waals surface area contributed by atoms with Gasteiger partial charge in [-0.3, -0.25) is 0 Å². The van der Waals surface area contributed by atoms with Crippen molar-refractivity contribution in [2.75, 3.05) is 41.7 Å². The lowest BCUT2D eigenvalue weighted by Crippen LogP contribution is -2.47. The monoisotopic (exact) mass is 256 g/mol. The number of aromatic nitrogens is 3. The van der Waals surface area contributed by atoms with Gasteiger partial charge in [0.15, 0.2) is 0 Å². The SMILES string of the molecule is Nc1ncccc1N1CCN(c2ncccn2)CC1. The number of nitrogens with two attached hydrogens (primary N) is 1. The van der Waals surface area contributed by atoms with Crippen LogP contribution in [0.15, 0.2) is 36.8 Å². The van der Waals surface area contributed by atoms with E-state index in [1.807, 2.05) is 18.2 Å². The molecule has 2 aromatic rings.